The number of rotatable bonds is 6. The molecule has 4 atom stereocenters. The van der Waals surface area contributed by atoms with E-state index in [1.807, 2.05) is 12.2 Å². The minimum absolute atomic E-state index is 0.0316. The van der Waals surface area contributed by atoms with Crippen molar-refractivity contribution in [2.75, 3.05) is 13.2 Å². The average Bonchev–Trinajstić information content (AvgIpc) is 2.50. The van der Waals surface area contributed by atoms with Gasteiger partial charge in [0, 0.05) is 0 Å². The zero-order chi connectivity index (χ0) is 13.5. The van der Waals surface area contributed by atoms with Gasteiger partial charge in [0.1, 0.15) is 12.2 Å². The molecule has 0 aliphatic carbocycles. The van der Waals surface area contributed by atoms with Gasteiger partial charge in [-0.2, -0.15) is 0 Å². The van der Waals surface area contributed by atoms with Crippen LogP contribution < -0.4 is 0 Å². The van der Waals surface area contributed by atoms with Gasteiger partial charge in [0.2, 0.25) is 0 Å². The van der Waals surface area contributed by atoms with Crippen LogP contribution in [-0.2, 0) is 14.2 Å². The molecule has 0 aromatic carbocycles. The first kappa shape index (κ1) is 14.3. The van der Waals surface area contributed by atoms with E-state index >= 15 is 0 Å². The first-order valence-electron chi connectivity index (χ1n) is 6.79. The van der Waals surface area contributed by atoms with Crippen LogP contribution in [0.1, 0.15) is 12.8 Å². The van der Waals surface area contributed by atoms with Gasteiger partial charge in [-0.3, -0.25) is 0 Å². The largest absolute Gasteiger partial charge is 0.371 e. The molecule has 2 rings (SSSR count). The van der Waals surface area contributed by atoms with E-state index in [1.54, 1.807) is 12.2 Å². The SMILES string of the molecule is C=CC(O[C@H](C=C)[C@@H]1CC=CCO1)[C@@H]1CC=CCO1. The van der Waals surface area contributed by atoms with Crippen LogP contribution >= 0.6 is 0 Å². The molecule has 0 bridgehead atoms. The van der Waals surface area contributed by atoms with E-state index in [1.165, 1.54) is 0 Å². The van der Waals surface area contributed by atoms with E-state index in [0.29, 0.717) is 13.2 Å². The summed E-state index contributed by atoms with van der Waals surface area (Å²) in [5.41, 5.74) is 0. The highest BCUT2D eigenvalue weighted by molar-refractivity contribution is 5.01. The van der Waals surface area contributed by atoms with E-state index < -0.39 is 0 Å². The molecule has 0 saturated carbocycles. The fourth-order valence-corrected chi connectivity index (χ4v) is 2.32. The molecule has 0 amide bonds. The molecular formula is C16H22O3. The van der Waals surface area contributed by atoms with Crippen LogP contribution in [0, 0.1) is 0 Å². The quantitative estimate of drug-likeness (QED) is 0.689. The van der Waals surface area contributed by atoms with Gasteiger partial charge in [0.05, 0.1) is 25.4 Å². The highest BCUT2D eigenvalue weighted by Gasteiger charge is 2.28. The number of hydrogen-bond donors (Lipinski definition) is 0. The summed E-state index contributed by atoms with van der Waals surface area (Å²) in [7, 11) is 0. The molecule has 19 heavy (non-hydrogen) atoms. The zero-order valence-corrected chi connectivity index (χ0v) is 11.2. The van der Waals surface area contributed by atoms with Gasteiger partial charge < -0.3 is 14.2 Å². The normalized spacial score (nSPS) is 29.7. The van der Waals surface area contributed by atoms with E-state index in [9.17, 15) is 0 Å². The molecule has 1 unspecified atom stereocenters. The summed E-state index contributed by atoms with van der Waals surface area (Å²) in [6.45, 7) is 8.98. The van der Waals surface area contributed by atoms with Crippen LogP contribution in [-0.4, -0.2) is 37.6 Å². The summed E-state index contributed by atoms with van der Waals surface area (Å²) in [6, 6.07) is 0. The van der Waals surface area contributed by atoms with Gasteiger partial charge in [-0.25, -0.2) is 0 Å². The first-order chi connectivity index (χ1) is 9.35. The molecule has 0 N–H and O–H groups in total. The Labute approximate surface area is 115 Å². The maximum absolute atomic E-state index is 6.07. The van der Waals surface area contributed by atoms with Crippen molar-refractivity contribution in [2.45, 2.75) is 37.3 Å². The molecule has 0 aromatic rings. The molecule has 2 heterocycles. The van der Waals surface area contributed by atoms with Crippen LogP contribution in [0.3, 0.4) is 0 Å². The Bertz CT molecular complexity index is 325. The maximum Gasteiger partial charge on any atom is 0.103 e. The lowest BCUT2D eigenvalue weighted by Gasteiger charge is -2.32. The second kappa shape index (κ2) is 7.43. The highest BCUT2D eigenvalue weighted by atomic mass is 16.6. The fourth-order valence-electron chi connectivity index (χ4n) is 2.32. The smallest absolute Gasteiger partial charge is 0.103 e. The van der Waals surface area contributed by atoms with Gasteiger partial charge in [-0.15, -0.1) is 13.2 Å². The average molecular weight is 262 g/mol. The van der Waals surface area contributed by atoms with Crippen LogP contribution in [0.15, 0.2) is 49.6 Å². The summed E-state index contributed by atoms with van der Waals surface area (Å²) in [6.07, 6.45) is 13.4. The molecule has 3 heteroatoms. The van der Waals surface area contributed by atoms with Gasteiger partial charge in [-0.05, 0) is 12.8 Å². The van der Waals surface area contributed by atoms with Crippen LogP contribution in [0.2, 0.25) is 0 Å². The molecular weight excluding hydrogens is 240 g/mol. The molecule has 0 saturated heterocycles. The second-order valence-electron chi connectivity index (χ2n) is 4.69. The Balaban J connectivity index is 1.94. The summed E-state index contributed by atoms with van der Waals surface area (Å²) in [5, 5.41) is 0. The summed E-state index contributed by atoms with van der Waals surface area (Å²) in [5.74, 6) is 0. The zero-order valence-electron chi connectivity index (χ0n) is 11.2. The van der Waals surface area contributed by atoms with E-state index in [0.717, 1.165) is 12.8 Å². The second-order valence-corrected chi connectivity index (χ2v) is 4.69. The minimum Gasteiger partial charge on any atom is -0.371 e. The van der Waals surface area contributed by atoms with Crippen LogP contribution in [0.25, 0.3) is 0 Å². The molecule has 3 nitrogen and oxygen atoms in total. The lowest BCUT2D eigenvalue weighted by Crippen LogP contribution is -2.39. The van der Waals surface area contributed by atoms with Crippen LogP contribution in [0.4, 0.5) is 0 Å². The van der Waals surface area contributed by atoms with Gasteiger partial charge >= 0.3 is 0 Å². The highest BCUT2D eigenvalue weighted by Crippen LogP contribution is 2.21. The van der Waals surface area contributed by atoms with Crippen molar-refractivity contribution in [3.8, 4) is 0 Å². The molecule has 2 aliphatic heterocycles. The van der Waals surface area contributed by atoms with E-state index in [-0.39, 0.29) is 24.4 Å². The fraction of sp³-hybridized carbons (Fsp3) is 0.500. The Morgan fingerprint density at radius 3 is 1.68 bits per heavy atom. The van der Waals surface area contributed by atoms with Crippen LogP contribution in [0.5, 0.6) is 0 Å². The van der Waals surface area contributed by atoms with Crippen molar-refractivity contribution >= 4 is 0 Å². The summed E-state index contributed by atoms with van der Waals surface area (Å²) < 4.78 is 17.5. The third-order valence-electron chi connectivity index (χ3n) is 3.39. The minimum atomic E-state index is -0.137. The van der Waals surface area contributed by atoms with Gasteiger partial charge in [0.25, 0.3) is 0 Å². The predicted molar refractivity (Wildman–Crippen MR) is 76.0 cm³/mol. The summed E-state index contributed by atoms with van der Waals surface area (Å²) >= 11 is 0. The Morgan fingerprint density at radius 1 is 0.895 bits per heavy atom. The summed E-state index contributed by atoms with van der Waals surface area (Å²) in [4.78, 5) is 0. The van der Waals surface area contributed by atoms with Crippen molar-refractivity contribution < 1.29 is 14.2 Å². The van der Waals surface area contributed by atoms with Crippen molar-refractivity contribution in [3.63, 3.8) is 0 Å². The lowest BCUT2D eigenvalue weighted by molar-refractivity contribution is -0.107. The number of hydrogen-bond acceptors (Lipinski definition) is 3. The van der Waals surface area contributed by atoms with Crippen molar-refractivity contribution in [1.82, 2.24) is 0 Å². The lowest BCUT2D eigenvalue weighted by atomic mass is 10.1. The van der Waals surface area contributed by atoms with Gasteiger partial charge in [-0.1, -0.05) is 36.5 Å². The Morgan fingerprint density at radius 2 is 1.37 bits per heavy atom. The topological polar surface area (TPSA) is 27.7 Å². The first-order valence-corrected chi connectivity index (χ1v) is 6.79. The standard InChI is InChI=1S/C16H22O3/c1-3-13(15-9-5-7-11-17-15)19-14(4-2)16-10-6-8-12-18-16/h3-8,13-16H,1-2,9-12H2/t13-,14?,15+,16+/m1/s1. The molecule has 2 aliphatic rings. The predicted octanol–water partition coefficient (Wildman–Crippen LogP) is 2.80. The maximum atomic E-state index is 6.07. The third-order valence-corrected chi connectivity index (χ3v) is 3.39. The van der Waals surface area contributed by atoms with E-state index in [2.05, 4.69) is 25.3 Å². The van der Waals surface area contributed by atoms with Crippen molar-refractivity contribution in [2.24, 2.45) is 0 Å². The van der Waals surface area contributed by atoms with Crippen molar-refractivity contribution in [1.29, 1.82) is 0 Å². The molecule has 0 fully saturated rings. The monoisotopic (exact) mass is 262 g/mol. The molecule has 0 aromatic heterocycles. The van der Waals surface area contributed by atoms with Gasteiger partial charge in [0.15, 0.2) is 0 Å². The molecule has 0 radical (unpaired) electrons. The third kappa shape index (κ3) is 3.90. The molecule has 0 spiro atoms. The van der Waals surface area contributed by atoms with E-state index in [4.69, 9.17) is 14.2 Å². The van der Waals surface area contributed by atoms with Crippen molar-refractivity contribution in [3.05, 3.63) is 49.6 Å². The Hall–Kier alpha value is -1.16. The molecule has 104 valence electrons. The number of ether oxygens (including phenoxy) is 3. The Kier molecular flexibility index (Phi) is 5.58.